The van der Waals surface area contributed by atoms with Gasteiger partial charge >= 0.3 is 0 Å². The molecule has 0 radical (unpaired) electrons. The fraction of sp³-hybridized carbons (Fsp3) is 0.174. The van der Waals surface area contributed by atoms with Crippen LogP contribution in [0.1, 0.15) is 21.5 Å². The zero-order valence-electron chi connectivity index (χ0n) is 14.7. The molecule has 27 heavy (non-hydrogen) atoms. The van der Waals surface area contributed by atoms with E-state index in [2.05, 4.69) is 0 Å². The van der Waals surface area contributed by atoms with Crippen molar-refractivity contribution in [2.75, 3.05) is 6.61 Å². The Morgan fingerprint density at radius 2 is 1.41 bits per heavy atom. The van der Waals surface area contributed by atoms with Gasteiger partial charge in [-0.2, -0.15) is 0 Å². The van der Waals surface area contributed by atoms with E-state index >= 15 is 0 Å². The van der Waals surface area contributed by atoms with Gasteiger partial charge in [-0.1, -0.05) is 36.4 Å². The molecule has 1 aliphatic carbocycles. The van der Waals surface area contributed by atoms with E-state index in [0.29, 0.717) is 18.4 Å². The first-order valence-corrected chi connectivity index (χ1v) is 8.87. The van der Waals surface area contributed by atoms with Crippen molar-refractivity contribution in [3.05, 3.63) is 83.4 Å². The van der Waals surface area contributed by atoms with Crippen LogP contribution < -0.4 is 0 Å². The second kappa shape index (κ2) is 6.56. The molecule has 3 N–H and O–H groups in total. The molecular formula is C23H20O4. The number of aromatic hydroxyl groups is 2. The highest BCUT2D eigenvalue weighted by Gasteiger charge is 2.45. The Morgan fingerprint density at radius 3 is 2.04 bits per heavy atom. The number of hydrogen-bond acceptors (Lipinski definition) is 4. The van der Waals surface area contributed by atoms with Gasteiger partial charge in [0.2, 0.25) is 0 Å². The molecule has 0 aliphatic heterocycles. The van der Waals surface area contributed by atoms with Crippen LogP contribution in [0, 0.1) is 5.41 Å². The number of carbonyl (C=O) groups is 1. The minimum atomic E-state index is -0.868. The number of rotatable bonds is 4. The summed E-state index contributed by atoms with van der Waals surface area (Å²) in [6, 6.07) is 19.4. The van der Waals surface area contributed by atoms with Crippen molar-refractivity contribution < 1.29 is 20.1 Å². The molecule has 3 aromatic carbocycles. The Bertz CT molecular complexity index is 990. The van der Waals surface area contributed by atoms with Crippen LogP contribution in [0.25, 0.3) is 11.1 Å². The van der Waals surface area contributed by atoms with Crippen LogP contribution in [0.4, 0.5) is 0 Å². The van der Waals surface area contributed by atoms with Crippen LogP contribution in [-0.2, 0) is 12.8 Å². The van der Waals surface area contributed by atoms with Crippen molar-refractivity contribution >= 4 is 5.78 Å². The lowest BCUT2D eigenvalue weighted by Gasteiger charge is -2.25. The van der Waals surface area contributed by atoms with Gasteiger partial charge in [-0.15, -0.1) is 0 Å². The molecule has 4 heteroatoms. The molecule has 4 nitrogen and oxygen atoms in total. The fourth-order valence-corrected chi connectivity index (χ4v) is 3.84. The van der Waals surface area contributed by atoms with Crippen LogP contribution >= 0.6 is 0 Å². The van der Waals surface area contributed by atoms with Crippen molar-refractivity contribution in [2.24, 2.45) is 5.41 Å². The minimum absolute atomic E-state index is 0.0475. The van der Waals surface area contributed by atoms with Crippen LogP contribution in [0.15, 0.2) is 66.7 Å². The molecule has 0 amide bonds. The molecule has 3 aromatic rings. The van der Waals surface area contributed by atoms with E-state index in [0.717, 1.165) is 22.3 Å². The lowest BCUT2D eigenvalue weighted by Crippen LogP contribution is -2.34. The average molecular weight is 360 g/mol. The standard InChI is InChI=1S/C23H20O4/c24-14-23(12-15-1-7-19(25)8-2-15)13-18-4-3-17(11-21(18)22(23)27)16-5-9-20(26)10-6-16/h1-11,24-26H,12-14H2. The number of Topliss-reactive ketones (excluding diaryl/α,β-unsaturated/α-hetero) is 1. The van der Waals surface area contributed by atoms with Crippen molar-refractivity contribution in [1.82, 2.24) is 0 Å². The molecule has 1 aliphatic rings. The van der Waals surface area contributed by atoms with Gasteiger partial charge in [0.25, 0.3) is 0 Å². The predicted octanol–water partition coefficient (Wildman–Crippen LogP) is 3.73. The number of ketones is 1. The maximum Gasteiger partial charge on any atom is 0.172 e. The molecular weight excluding hydrogens is 340 g/mol. The van der Waals surface area contributed by atoms with Gasteiger partial charge in [-0.05, 0) is 65.4 Å². The summed E-state index contributed by atoms with van der Waals surface area (Å²) in [6.07, 6.45) is 0.917. The van der Waals surface area contributed by atoms with Gasteiger partial charge in [0.15, 0.2) is 5.78 Å². The molecule has 0 aromatic heterocycles. The Labute approximate surface area is 157 Å². The van der Waals surface area contributed by atoms with Crippen LogP contribution in [0.5, 0.6) is 11.5 Å². The number of hydrogen-bond donors (Lipinski definition) is 3. The van der Waals surface area contributed by atoms with E-state index in [-0.39, 0.29) is 23.9 Å². The van der Waals surface area contributed by atoms with E-state index in [1.54, 1.807) is 36.4 Å². The monoisotopic (exact) mass is 360 g/mol. The summed E-state index contributed by atoms with van der Waals surface area (Å²) in [7, 11) is 0. The summed E-state index contributed by atoms with van der Waals surface area (Å²) in [5.41, 5.74) is 3.45. The van der Waals surface area contributed by atoms with Gasteiger partial charge in [0.1, 0.15) is 11.5 Å². The molecule has 0 fully saturated rings. The van der Waals surface area contributed by atoms with Gasteiger partial charge in [-0.25, -0.2) is 0 Å². The largest absolute Gasteiger partial charge is 0.508 e. The van der Waals surface area contributed by atoms with Crippen molar-refractivity contribution in [2.45, 2.75) is 12.8 Å². The number of benzene rings is 3. The van der Waals surface area contributed by atoms with E-state index in [1.165, 1.54) is 0 Å². The third-order valence-electron chi connectivity index (χ3n) is 5.35. The molecule has 0 bridgehead atoms. The first-order valence-electron chi connectivity index (χ1n) is 8.87. The minimum Gasteiger partial charge on any atom is -0.508 e. The van der Waals surface area contributed by atoms with E-state index < -0.39 is 5.41 Å². The zero-order valence-corrected chi connectivity index (χ0v) is 14.7. The zero-order chi connectivity index (χ0) is 19.0. The summed E-state index contributed by atoms with van der Waals surface area (Å²) in [6.45, 7) is -0.226. The number of phenols is 2. The van der Waals surface area contributed by atoms with Gasteiger partial charge in [0.05, 0.1) is 12.0 Å². The molecule has 4 rings (SSSR count). The third kappa shape index (κ3) is 3.09. The topological polar surface area (TPSA) is 77.8 Å². The number of fused-ring (bicyclic) bond motifs is 1. The number of carbonyl (C=O) groups excluding carboxylic acids is 1. The highest BCUT2D eigenvalue weighted by atomic mass is 16.3. The summed E-state index contributed by atoms with van der Waals surface area (Å²) < 4.78 is 0. The first kappa shape index (κ1) is 17.3. The van der Waals surface area contributed by atoms with Gasteiger partial charge in [-0.3, -0.25) is 4.79 Å². The summed E-state index contributed by atoms with van der Waals surface area (Å²) in [5.74, 6) is 0.328. The van der Waals surface area contributed by atoms with E-state index in [9.17, 15) is 20.1 Å². The lowest BCUT2D eigenvalue weighted by atomic mass is 9.78. The SMILES string of the molecule is O=C1c2cc(-c3ccc(O)cc3)ccc2CC1(CO)Cc1ccc(O)cc1. The van der Waals surface area contributed by atoms with Crippen molar-refractivity contribution in [3.63, 3.8) is 0 Å². The van der Waals surface area contributed by atoms with Gasteiger partial charge < -0.3 is 15.3 Å². The summed E-state index contributed by atoms with van der Waals surface area (Å²) >= 11 is 0. The maximum absolute atomic E-state index is 13.2. The molecule has 0 heterocycles. The highest BCUT2D eigenvalue weighted by molar-refractivity contribution is 6.06. The number of aliphatic hydroxyl groups excluding tert-OH is 1. The summed E-state index contributed by atoms with van der Waals surface area (Å²) in [5, 5.41) is 29.0. The Morgan fingerprint density at radius 1 is 0.815 bits per heavy atom. The number of aliphatic hydroxyl groups is 1. The van der Waals surface area contributed by atoms with E-state index in [4.69, 9.17) is 0 Å². The first-order chi connectivity index (χ1) is 13.0. The van der Waals surface area contributed by atoms with Crippen molar-refractivity contribution in [1.29, 1.82) is 0 Å². The number of phenolic OH excluding ortho intramolecular Hbond substituents is 2. The second-order valence-electron chi connectivity index (χ2n) is 7.21. The predicted molar refractivity (Wildman–Crippen MR) is 103 cm³/mol. The van der Waals surface area contributed by atoms with Gasteiger partial charge in [0, 0.05) is 5.56 Å². The van der Waals surface area contributed by atoms with Crippen LogP contribution in [0.3, 0.4) is 0 Å². The van der Waals surface area contributed by atoms with Crippen LogP contribution in [0.2, 0.25) is 0 Å². The van der Waals surface area contributed by atoms with Crippen molar-refractivity contribution in [3.8, 4) is 22.6 Å². The summed E-state index contributed by atoms with van der Waals surface area (Å²) in [4.78, 5) is 13.2. The Balaban J connectivity index is 1.68. The quantitative estimate of drug-likeness (QED) is 0.663. The normalized spacial score (nSPS) is 18.5. The highest BCUT2D eigenvalue weighted by Crippen LogP contribution is 2.41. The average Bonchev–Trinajstić information content (AvgIpc) is 2.96. The molecule has 1 unspecified atom stereocenters. The molecule has 1 atom stereocenters. The fourth-order valence-electron chi connectivity index (χ4n) is 3.84. The lowest BCUT2D eigenvalue weighted by molar-refractivity contribution is 0.0677. The second-order valence-corrected chi connectivity index (χ2v) is 7.21. The van der Waals surface area contributed by atoms with E-state index in [1.807, 2.05) is 30.3 Å². The van der Waals surface area contributed by atoms with Crippen LogP contribution in [-0.4, -0.2) is 27.7 Å². The smallest absolute Gasteiger partial charge is 0.172 e. The third-order valence-corrected chi connectivity index (χ3v) is 5.35. The molecule has 0 saturated heterocycles. The molecule has 136 valence electrons. The molecule has 0 saturated carbocycles. The maximum atomic E-state index is 13.2. The Hall–Kier alpha value is -3.11. The Kier molecular flexibility index (Phi) is 4.21. The molecule has 0 spiro atoms.